The molecule has 2 aromatic rings. The Labute approximate surface area is 123 Å². The number of anilines is 1. The zero-order chi connectivity index (χ0) is 15.1. The van der Waals surface area contributed by atoms with Gasteiger partial charge in [-0.15, -0.1) is 0 Å². The number of rotatable bonds is 5. The van der Waals surface area contributed by atoms with Crippen LogP contribution in [0, 0.1) is 5.82 Å². The zero-order valence-corrected chi connectivity index (χ0v) is 11.7. The first-order valence-electron chi connectivity index (χ1n) is 6.65. The smallest absolute Gasteiger partial charge is 0.248 e. The molecule has 0 unspecified atom stereocenters. The average Bonchev–Trinajstić information content (AvgIpc) is 2.49. The minimum atomic E-state index is -0.303. The van der Waals surface area contributed by atoms with Crippen molar-refractivity contribution in [1.82, 2.24) is 0 Å². The normalized spacial score (nSPS) is 10.6. The number of amides is 1. The molecular weight excluding hydrogens is 269 g/mol. The van der Waals surface area contributed by atoms with Crippen LogP contribution >= 0.6 is 0 Å². The number of hydrogen-bond donors (Lipinski definition) is 1. The van der Waals surface area contributed by atoms with Crippen molar-refractivity contribution < 1.29 is 13.9 Å². The van der Waals surface area contributed by atoms with E-state index in [9.17, 15) is 9.18 Å². The molecule has 0 fully saturated rings. The van der Waals surface area contributed by atoms with Crippen LogP contribution in [0.5, 0.6) is 5.75 Å². The van der Waals surface area contributed by atoms with E-state index in [2.05, 4.69) is 5.32 Å². The number of hydrogen-bond acceptors (Lipinski definition) is 2. The molecule has 0 radical (unpaired) electrons. The molecule has 2 rings (SSSR count). The van der Waals surface area contributed by atoms with Gasteiger partial charge in [-0.05, 0) is 42.8 Å². The van der Waals surface area contributed by atoms with Crippen molar-refractivity contribution in [2.24, 2.45) is 0 Å². The number of halogens is 1. The molecule has 1 N–H and O–H groups in total. The quantitative estimate of drug-likeness (QED) is 0.847. The third kappa shape index (κ3) is 4.45. The molecule has 0 aliphatic carbocycles. The number of carbonyl (C=O) groups excluding carboxylic acids is 1. The molecule has 2 aromatic carbocycles. The van der Waals surface area contributed by atoms with Gasteiger partial charge in [0.25, 0.3) is 0 Å². The summed E-state index contributed by atoms with van der Waals surface area (Å²) in [6, 6.07) is 13.1. The second kappa shape index (κ2) is 7.24. The topological polar surface area (TPSA) is 38.3 Å². The first-order valence-corrected chi connectivity index (χ1v) is 6.65. The number of carbonyl (C=O) groups is 1. The van der Waals surface area contributed by atoms with Crippen LogP contribution < -0.4 is 10.1 Å². The van der Waals surface area contributed by atoms with Crippen LogP contribution in [-0.2, 0) is 4.79 Å². The van der Waals surface area contributed by atoms with Crippen molar-refractivity contribution in [3.8, 4) is 5.75 Å². The van der Waals surface area contributed by atoms with E-state index < -0.39 is 0 Å². The molecule has 108 valence electrons. The van der Waals surface area contributed by atoms with E-state index in [1.807, 2.05) is 19.1 Å². The minimum absolute atomic E-state index is 0.272. The minimum Gasteiger partial charge on any atom is -0.492 e. The highest BCUT2D eigenvalue weighted by Gasteiger charge is 2.04. The van der Waals surface area contributed by atoms with Gasteiger partial charge in [-0.3, -0.25) is 4.79 Å². The number of para-hydroxylation sites is 2. The lowest BCUT2D eigenvalue weighted by Crippen LogP contribution is -2.09. The van der Waals surface area contributed by atoms with E-state index in [0.717, 1.165) is 5.56 Å². The molecule has 4 heteroatoms. The van der Waals surface area contributed by atoms with E-state index in [-0.39, 0.29) is 11.7 Å². The Hall–Kier alpha value is -2.62. The maximum absolute atomic E-state index is 12.8. The number of benzene rings is 2. The predicted molar refractivity (Wildman–Crippen MR) is 81.7 cm³/mol. The van der Waals surface area contributed by atoms with Gasteiger partial charge < -0.3 is 10.1 Å². The first-order chi connectivity index (χ1) is 10.2. The van der Waals surface area contributed by atoms with Gasteiger partial charge in [0.2, 0.25) is 5.91 Å². The lowest BCUT2D eigenvalue weighted by molar-refractivity contribution is -0.111. The molecule has 0 spiro atoms. The van der Waals surface area contributed by atoms with Gasteiger partial charge in [-0.1, -0.05) is 24.3 Å². The molecular formula is C17H16FNO2. The molecule has 0 saturated heterocycles. The highest BCUT2D eigenvalue weighted by molar-refractivity contribution is 6.02. The SMILES string of the molecule is CCOc1ccccc1NC(=O)C=Cc1ccc(F)cc1. The maximum Gasteiger partial charge on any atom is 0.248 e. The van der Waals surface area contributed by atoms with Crippen LogP contribution in [0.4, 0.5) is 10.1 Å². The largest absolute Gasteiger partial charge is 0.492 e. The van der Waals surface area contributed by atoms with Gasteiger partial charge in [0.05, 0.1) is 12.3 Å². The summed E-state index contributed by atoms with van der Waals surface area (Å²) >= 11 is 0. The summed E-state index contributed by atoms with van der Waals surface area (Å²) in [5.74, 6) is 0.0530. The molecule has 0 aliphatic rings. The van der Waals surface area contributed by atoms with Crippen LogP contribution in [0.1, 0.15) is 12.5 Å². The van der Waals surface area contributed by atoms with E-state index in [4.69, 9.17) is 4.74 Å². The van der Waals surface area contributed by atoms with E-state index in [1.54, 1.807) is 30.3 Å². The summed E-state index contributed by atoms with van der Waals surface area (Å²) in [6.45, 7) is 2.41. The second-order valence-electron chi connectivity index (χ2n) is 4.30. The fourth-order valence-electron chi connectivity index (χ4n) is 1.77. The van der Waals surface area contributed by atoms with Crippen molar-refractivity contribution in [2.45, 2.75) is 6.92 Å². The molecule has 3 nitrogen and oxygen atoms in total. The third-order valence-electron chi connectivity index (χ3n) is 2.74. The Morgan fingerprint density at radius 2 is 1.90 bits per heavy atom. The molecule has 0 aromatic heterocycles. The maximum atomic E-state index is 12.8. The second-order valence-corrected chi connectivity index (χ2v) is 4.30. The third-order valence-corrected chi connectivity index (χ3v) is 2.74. The highest BCUT2D eigenvalue weighted by atomic mass is 19.1. The lowest BCUT2D eigenvalue weighted by atomic mass is 10.2. The fraction of sp³-hybridized carbons (Fsp3) is 0.118. The van der Waals surface area contributed by atoms with Gasteiger partial charge in [0.15, 0.2) is 0 Å². The van der Waals surface area contributed by atoms with Crippen LogP contribution in [0.2, 0.25) is 0 Å². The fourth-order valence-corrected chi connectivity index (χ4v) is 1.77. The van der Waals surface area contributed by atoms with Crippen LogP contribution in [0.25, 0.3) is 6.08 Å². The van der Waals surface area contributed by atoms with E-state index in [0.29, 0.717) is 18.0 Å². The Kier molecular flexibility index (Phi) is 5.10. The van der Waals surface area contributed by atoms with Crippen molar-refractivity contribution in [2.75, 3.05) is 11.9 Å². The Bertz CT molecular complexity index is 635. The summed E-state index contributed by atoms with van der Waals surface area (Å²) in [7, 11) is 0. The van der Waals surface area contributed by atoms with E-state index >= 15 is 0 Å². The Balaban J connectivity index is 2.03. The Morgan fingerprint density at radius 3 is 2.62 bits per heavy atom. The van der Waals surface area contributed by atoms with Crippen LogP contribution in [0.15, 0.2) is 54.6 Å². The summed E-state index contributed by atoms with van der Waals surface area (Å²) in [5, 5.41) is 2.75. The monoisotopic (exact) mass is 285 g/mol. The first kappa shape index (κ1) is 14.8. The van der Waals surface area contributed by atoms with Gasteiger partial charge in [0, 0.05) is 6.08 Å². The molecule has 0 heterocycles. The lowest BCUT2D eigenvalue weighted by Gasteiger charge is -2.09. The van der Waals surface area contributed by atoms with E-state index in [1.165, 1.54) is 18.2 Å². The molecule has 0 aliphatic heterocycles. The van der Waals surface area contributed by atoms with Gasteiger partial charge in [0.1, 0.15) is 11.6 Å². The summed E-state index contributed by atoms with van der Waals surface area (Å²) < 4.78 is 18.2. The molecule has 0 bridgehead atoms. The molecule has 1 amide bonds. The standard InChI is InChI=1S/C17H16FNO2/c1-2-21-16-6-4-3-5-15(16)19-17(20)12-9-13-7-10-14(18)11-8-13/h3-12H,2H2,1H3,(H,19,20). The molecule has 0 saturated carbocycles. The average molecular weight is 285 g/mol. The predicted octanol–water partition coefficient (Wildman–Crippen LogP) is 3.88. The van der Waals surface area contributed by atoms with Gasteiger partial charge in [-0.25, -0.2) is 4.39 Å². The van der Waals surface area contributed by atoms with Gasteiger partial charge in [-0.2, -0.15) is 0 Å². The summed E-state index contributed by atoms with van der Waals surface area (Å²) in [5.41, 5.74) is 1.37. The van der Waals surface area contributed by atoms with Crippen LogP contribution in [-0.4, -0.2) is 12.5 Å². The number of nitrogens with one attached hydrogen (secondary N) is 1. The summed E-state index contributed by atoms with van der Waals surface area (Å²) in [6.07, 6.45) is 3.02. The molecule has 0 atom stereocenters. The van der Waals surface area contributed by atoms with Crippen molar-refractivity contribution >= 4 is 17.7 Å². The summed E-state index contributed by atoms with van der Waals surface area (Å²) in [4.78, 5) is 11.9. The zero-order valence-electron chi connectivity index (χ0n) is 11.7. The molecule has 21 heavy (non-hydrogen) atoms. The van der Waals surface area contributed by atoms with Crippen molar-refractivity contribution in [1.29, 1.82) is 0 Å². The van der Waals surface area contributed by atoms with Gasteiger partial charge >= 0.3 is 0 Å². The highest BCUT2D eigenvalue weighted by Crippen LogP contribution is 2.23. The Morgan fingerprint density at radius 1 is 1.19 bits per heavy atom. The van der Waals surface area contributed by atoms with Crippen molar-refractivity contribution in [3.63, 3.8) is 0 Å². The van der Waals surface area contributed by atoms with Crippen molar-refractivity contribution in [3.05, 3.63) is 66.0 Å². The number of ether oxygens (including phenoxy) is 1. The van der Waals surface area contributed by atoms with Crippen LogP contribution in [0.3, 0.4) is 0 Å².